The van der Waals surface area contributed by atoms with E-state index in [0.717, 1.165) is 23.7 Å². The van der Waals surface area contributed by atoms with Crippen LogP contribution in [0, 0.1) is 23.7 Å². The Morgan fingerprint density at radius 1 is 0.523 bits per heavy atom. The molecule has 4 fully saturated rings. The van der Waals surface area contributed by atoms with Crippen LogP contribution in [0.3, 0.4) is 0 Å². The second-order valence-electron chi connectivity index (χ2n) is 16.1. The van der Waals surface area contributed by atoms with E-state index in [9.17, 15) is 0 Å². The van der Waals surface area contributed by atoms with Crippen molar-refractivity contribution < 1.29 is 0 Å². The predicted molar refractivity (Wildman–Crippen MR) is 185 cm³/mol. The van der Waals surface area contributed by atoms with Gasteiger partial charge in [-0.1, -0.05) is 81.9 Å². The lowest BCUT2D eigenvalue weighted by Crippen LogP contribution is -2.57. The van der Waals surface area contributed by atoms with Gasteiger partial charge >= 0.3 is 0 Å². The van der Waals surface area contributed by atoms with Gasteiger partial charge in [-0.15, -0.1) is 0 Å². The summed E-state index contributed by atoms with van der Waals surface area (Å²) in [5.41, 5.74) is 10.6. The van der Waals surface area contributed by atoms with E-state index in [4.69, 9.17) is 0 Å². The van der Waals surface area contributed by atoms with Crippen molar-refractivity contribution in [2.75, 3.05) is 4.90 Å². The molecule has 0 aromatic heterocycles. The van der Waals surface area contributed by atoms with Crippen LogP contribution < -0.4 is 4.90 Å². The second kappa shape index (κ2) is 9.52. The van der Waals surface area contributed by atoms with Crippen LogP contribution in [-0.4, -0.2) is 0 Å². The van der Waals surface area contributed by atoms with Crippen LogP contribution in [0.15, 0.2) is 101 Å². The summed E-state index contributed by atoms with van der Waals surface area (Å²) in [5.74, 6) is 3.40. The lowest BCUT2D eigenvalue weighted by Gasteiger charge is -2.63. The van der Waals surface area contributed by atoms with Gasteiger partial charge in [-0.2, -0.15) is 0 Å². The molecule has 4 bridgehead atoms. The molecular formula is C42H45NS. The van der Waals surface area contributed by atoms with Gasteiger partial charge in [0.05, 0.1) is 0 Å². The molecule has 0 N–H and O–H groups in total. The summed E-state index contributed by atoms with van der Waals surface area (Å²) >= 11 is 2.01. The van der Waals surface area contributed by atoms with Crippen LogP contribution in [0.2, 0.25) is 0 Å². The van der Waals surface area contributed by atoms with E-state index in [-0.39, 0.29) is 16.2 Å². The first-order valence-electron chi connectivity index (χ1n) is 17.2. The first kappa shape index (κ1) is 27.3. The molecule has 1 nitrogen and oxygen atoms in total. The predicted octanol–water partition coefficient (Wildman–Crippen LogP) is 11.7. The molecule has 10 rings (SSSR count). The zero-order valence-electron chi connectivity index (χ0n) is 26.8. The quantitative estimate of drug-likeness (QED) is 0.232. The molecule has 0 saturated heterocycles. The van der Waals surface area contributed by atoms with E-state index < -0.39 is 0 Å². The van der Waals surface area contributed by atoms with Crippen molar-refractivity contribution >= 4 is 28.8 Å². The second-order valence-corrected chi connectivity index (χ2v) is 17.2. The Hall–Kier alpha value is -2.97. The molecule has 4 aromatic rings. The van der Waals surface area contributed by atoms with Crippen molar-refractivity contribution in [2.24, 2.45) is 23.7 Å². The van der Waals surface area contributed by atoms with Crippen LogP contribution in [0.1, 0.15) is 94.9 Å². The summed E-state index contributed by atoms with van der Waals surface area (Å²) in [6, 6.07) is 35.5. The molecule has 0 amide bonds. The van der Waals surface area contributed by atoms with Crippen LogP contribution in [-0.2, 0) is 16.2 Å². The monoisotopic (exact) mass is 595 g/mol. The van der Waals surface area contributed by atoms with Crippen molar-refractivity contribution in [1.82, 2.24) is 0 Å². The lowest BCUT2D eigenvalue weighted by atomic mass is 9.42. The van der Waals surface area contributed by atoms with E-state index >= 15 is 0 Å². The maximum absolute atomic E-state index is 2.64. The van der Waals surface area contributed by atoms with Gasteiger partial charge in [-0.25, -0.2) is 0 Å². The maximum atomic E-state index is 2.64. The summed E-state index contributed by atoms with van der Waals surface area (Å²) < 4.78 is 0. The molecular weight excluding hydrogens is 551 g/mol. The highest BCUT2D eigenvalue weighted by Crippen LogP contribution is 2.69. The van der Waals surface area contributed by atoms with Gasteiger partial charge in [0.1, 0.15) is 0 Å². The van der Waals surface area contributed by atoms with Gasteiger partial charge in [0.2, 0.25) is 0 Å². The van der Waals surface area contributed by atoms with Crippen molar-refractivity contribution in [3.05, 3.63) is 113 Å². The Bertz CT molecular complexity index is 1740. The number of benzene rings is 4. The number of para-hydroxylation sites is 1. The molecule has 1 aliphatic heterocycles. The standard InChI is InChI=1S/C42H45NS/c1-40(2)18-19-41(3,4)36-25-32(14-16-34(36)40)43(31-10-6-5-7-11-31)33-15-17-39-37(26-33)42(35-12-8-9-13-38(35)44-39)29-21-27-20-28(23-29)24-30(42)22-27/h5-17,25-30H,18-24H2,1-4H3. The molecule has 0 atom stereocenters. The normalized spacial score (nSPS) is 30.0. The third kappa shape index (κ3) is 3.85. The molecule has 1 heterocycles. The molecule has 0 unspecified atom stereocenters. The van der Waals surface area contributed by atoms with Gasteiger partial charge in [0.15, 0.2) is 0 Å². The van der Waals surface area contributed by atoms with E-state index in [1.54, 1.807) is 11.1 Å². The summed E-state index contributed by atoms with van der Waals surface area (Å²) in [6.45, 7) is 9.75. The third-order valence-corrected chi connectivity index (χ3v) is 13.9. The van der Waals surface area contributed by atoms with Crippen LogP contribution in [0.25, 0.3) is 0 Å². The van der Waals surface area contributed by atoms with Gasteiger partial charge < -0.3 is 4.90 Å². The number of hydrogen-bond donors (Lipinski definition) is 0. The molecule has 1 spiro atoms. The Morgan fingerprint density at radius 2 is 1.09 bits per heavy atom. The SMILES string of the molecule is CC1(C)CCC(C)(C)c2cc(N(c3ccccc3)c3ccc4c(c3)C3(c5ccccc5S4)C4CC5CC(C4)CC3C5)ccc21. The molecule has 5 aliphatic carbocycles. The largest absolute Gasteiger partial charge is 0.310 e. The Morgan fingerprint density at radius 3 is 1.80 bits per heavy atom. The highest BCUT2D eigenvalue weighted by Gasteiger charge is 2.60. The first-order chi connectivity index (χ1) is 21.2. The molecule has 44 heavy (non-hydrogen) atoms. The fourth-order valence-electron chi connectivity index (χ4n) is 10.8. The Balaban J connectivity index is 1.25. The van der Waals surface area contributed by atoms with E-state index in [2.05, 4.69) is 124 Å². The summed E-state index contributed by atoms with van der Waals surface area (Å²) in [7, 11) is 0. The average Bonchev–Trinajstić information content (AvgIpc) is 3.02. The van der Waals surface area contributed by atoms with Crippen molar-refractivity contribution in [2.45, 2.75) is 98.7 Å². The van der Waals surface area contributed by atoms with Gasteiger partial charge in [0.25, 0.3) is 0 Å². The third-order valence-electron chi connectivity index (χ3n) is 12.8. The minimum Gasteiger partial charge on any atom is -0.310 e. The van der Waals surface area contributed by atoms with Crippen molar-refractivity contribution in [1.29, 1.82) is 0 Å². The number of nitrogens with zero attached hydrogens (tertiary/aromatic N) is 1. The molecule has 224 valence electrons. The zero-order chi connectivity index (χ0) is 29.8. The van der Waals surface area contributed by atoms with E-state index in [1.807, 2.05) is 11.8 Å². The minimum absolute atomic E-state index is 0.144. The Kier molecular flexibility index (Phi) is 5.92. The first-order valence-corrected chi connectivity index (χ1v) is 18.0. The maximum Gasteiger partial charge on any atom is 0.0465 e. The highest BCUT2D eigenvalue weighted by atomic mass is 32.2. The van der Waals surface area contributed by atoms with E-state index in [1.165, 1.54) is 82.9 Å². The summed E-state index contributed by atoms with van der Waals surface area (Å²) in [5, 5.41) is 0. The molecule has 4 aromatic carbocycles. The number of rotatable bonds is 3. The number of hydrogen-bond acceptors (Lipinski definition) is 2. The van der Waals surface area contributed by atoms with Gasteiger partial charge in [-0.05, 0) is 150 Å². The highest BCUT2D eigenvalue weighted by molar-refractivity contribution is 7.99. The van der Waals surface area contributed by atoms with Crippen LogP contribution in [0.4, 0.5) is 17.1 Å². The summed E-state index contributed by atoms with van der Waals surface area (Å²) in [6.07, 6.45) is 9.60. The van der Waals surface area contributed by atoms with Crippen molar-refractivity contribution in [3.63, 3.8) is 0 Å². The van der Waals surface area contributed by atoms with Crippen LogP contribution in [0.5, 0.6) is 0 Å². The van der Waals surface area contributed by atoms with Gasteiger partial charge in [0, 0.05) is 32.3 Å². The Labute approximate surface area is 268 Å². The molecule has 4 saturated carbocycles. The number of anilines is 3. The number of fused-ring (bicyclic) bond motifs is 3. The fraction of sp³-hybridized carbons (Fsp3) is 0.429. The molecule has 6 aliphatic rings. The van der Waals surface area contributed by atoms with Crippen LogP contribution >= 0.6 is 11.8 Å². The average molecular weight is 596 g/mol. The van der Waals surface area contributed by atoms with E-state index in [0.29, 0.717) is 0 Å². The minimum atomic E-state index is 0.144. The zero-order valence-corrected chi connectivity index (χ0v) is 27.6. The fourth-order valence-corrected chi connectivity index (χ4v) is 12.0. The van der Waals surface area contributed by atoms with Gasteiger partial charge in [-0.3, -0.25) is 0 Å². The summed E-state index contributed by atoms with van der Waals surface area (Å²) in [4.78, 5) is 5.54. The van der Waals surface area contributed by atoms with Crippen molar-refractivity contribution in [3.8, 4) is 0 Å². The smallest absolute Gasteiger partial charge is 0.0465 e. The molecule has 0 radical (unpaired) electrons. The lowest BCUT2D eigenvalue weighted by molar-refractivity contribution is -0.0443. The topological polar surface area (TPSA) is 3.24 Å². The molecule has 2 heteroatoms.